The Morgan fingerprint density at radius 3 is 2.52 bits per heavy atom. The number of urea groups is 1. The van der Waals surface area contributed by atoms with Crippen molar-refractivity contribution in [3.05, 3.63) is 0 Å². The van der Waals surface area contributed by atoms with E-state index in [0.29, 0.717) is 13.0 Å². The van der Waals surface area contributed by atoms with Gasteiger partial charge < -0.3 is 25.0 Å². The molecular formula is C13H21N3O5. The second kappa shape index (κ2) is 6.30. The average molecular weight is 299 g/mol. The minimum atomic E-state index is -1.04. The van der Waals surface area contributed by atoms with E-state index in [-0.39, 0.29) is 25.0 Å². The first kappa shape index (κ1) is 15.6. The van der Waals surface area contributed by atoms with E-state index in [0.717, 1.165) is 6.42 Å². The number of hydrogen-bond donors (Lipinski definition) is 2. The first-order valence-corrected chi connectivity index (χ1v) is 7.04. The van der Waals surface area contributed by atoms with Gasteiger partial charge in [-0.2, -0.15) is 0 Å². The van der Waals surface area contributed by atoms with Crippen LogP contribution in [0.3, 0.4) is 0 Å². The summed E-state index contributed by atoms with van der Waals surface area (Å²) >= 11 is 0. The van der Waals surface area contributed by atoms with E-state index >= 15 is 0 Å². The summed E-state index contributed by atoms with van der Waals surface area (Å²) in [6.45, 7) is 0.709. The number of aliphatic carboxylic acids is 1. The Morgan fingerprint density at radius 1 is 1.24 bits per heavy atom. The monoisotopic (exact) mass is 299 g/mol. The van der Waals surface area contributed by atoms with Gasteiger partial charge in [-0.3, -0.25) is 4.79 Å². The van der Waals surface area contributed by atoms with Crippen LogP contribution in [0.2, 0.25) is 0 Å². The van der Waals surface area contributed by atoms with Gasteiger partial charge in [0.2, 0.25) is 5.91 Å². The van der Waals surface area contributed by atoms with Crippen LogP contribution in [-0.4, -0.2) is 78.2 Å². The molecule has 2 heterocycles. The van der Waals surface area contributed by atoms with Crippen molar-refractivity contribution < 1.29 is 24.2 Å². The highest BCUT2D eigenvalue weighted by atomic mass is 16.5. The second-order valence-electron chi connectivity index (χ2n) is 5.35. The van der Waals surface area contributed by atoms with E-state index in [9.17, 15) is 19.5 Å². The van der Waals surface area contributed by atoms with E-state index in [4.69, 9.17) is 4.74 Å². The molecule has 0 aromatic carbocycles. The predicted octanol–water partition coefficient (Wildman–Crippen LogP) is -0.509. The number of carbonyl (C=O) groups is 3. The van der Waals surface area contributed by atoms with Crippen molar-refractivity contribution in [2.24, 2.45) is 0 Å². The van der Waals surface area contributed by atoms with Gasteiger partial charge in [-0.05, 0) is 12.8 Å². The molecule has 2 rings (SSSR count). The molecule has 2 saturated heterocycles. The van der Waals surface area contributed by atoms with Crippen LogP contribution in [0.4, 0.5) is 4.79 Å². The highest BCUT2D eigenvalue weighted by molar-refractivity contribution is 5.89. The quantitative estimate of drug-likeness (QED) is 0.731. The Kier molecular flexibility index (Phi) is 4.66. The molecule has 21 heavy (non-hydrogen) atoms. The Morgan fingerprint density at radius 2 is 1.95 bits per heavy atom. The Labute approximate surface area is 123 Å². The number of amides is 3. The predicted molar refractivity (Wildman–Crippen MR) is 72.7 cm³/mol. The van der Waals surface area contributed by atoms with Gasteiger partial charge in [-0.1, -0.05) is 0 Å². The zero-order valence-corrected chi connectivity index (χ0v) is 12.2. The first-order chi connectivity index (χ1) is 9.99. The summed E-state index contributed by atoms with van der Waals surface area (Å²) in [5, 5.41) is 11.8. The lowest BCUT2D eigenvalue weighted by Gasteiger charge is -2.30. The van der Waals surface area contributed by atoms with Crippen LogP contribution in [0.5, 0.6) is 0 Å². The Hall–Kier alpha value is -1.83. The maximum atomic E-state index is 12.6. The van der Waals surface area contributed by atoms with Gasteiger partial charge in [-0.25, -0.2) is 9.59 Å². The van der Waals surface area contributed by atoms with E-state index in [1.165, 1.54) is 24.0 Å². The number of carboxylic acids is 1. The lowest BCUT2D eigenvalue weighted by Crippen LogP contribution is -2.53. The van der Waals surface area contributed by atoms with Crippen LogP contribution in [0.25, 0.3) is 0 Å². The molecule has 8 heteroatoms. The molecule has 0 bridgehead atoms. The number of nitrogens with one attached hydrogen (secondary N) is 1. The molecule has 3 amide bonds. The van der Waals surface area contributed by atoms with Crippen LogP contribution in [-0.2, 0) is 14.3 Å². The molecule has 0 aromatic rings. The SMILES string of the molecule is CNC(=O)C1CCCN1C(=O)N1CC(OC)CC1C(=O)O. The maximum absolute atomic E-state index is 12.6. The van der Waals surface area contributed by atoms with Crippen molar-refractivity contribution in [1.82, 2.24) is 15.1 Å². The highest BCUT2D eigenvalue weighted by Crippen LogP contribution is 2.26. The van der Waals surface area contributed by atoms with E-state index in [2.05, 4.69) is 5.32 Å². The smallest absolute Gasteiger partial charge is 0.326 e. The number of methoxy groups -OCH3 is 1. The number of carboxylic acid groups (broad SMARTS) is 1. The normalized spacial score (nSPS) is 28.8. The van der Waals surface area contributed by atoms with Crippen LogP contribution < -0.4 is 5.32 Å². The van der Waals surface area contributed by atoms with Crippen molar-refractivity contribution in [2.75, 3.05) is 27.2 Å². The average Bonchev–Trinajstić information content (AvgIpc) is 3.12. The van der Waals surface area contributed by atoms with Gasteiger partial charge in [0.1, 0.15) is 12.1 Å². The van der Waals surface area contributed by atoms with Crippen molar-refractivity contribution in [3.8, 4) is 0 Å². The zero-order chi connectivity index (χ0) is 15.6. The summed E-state index contributed by atoms with van der Waals surface area (Å²) < 4.78 is 5.18. The molecule has 0 aliphatic carbocycles. The summed E-state index contributed by atoms with van der Waals surface area (Å²) in [5.41, 5.74) is 0. The van der Waals surface area contributed by atoms with Crippen LogP contribution >= 0.6 is 0 Å². The minimum absolute atomic E-state index is 0.213. The van der Waals surface area contributed by atoms with Gasteiger partial charge >= 0.3 is 12.0 Å². The molecule has 118 valence electrons. The van der Waals surface area contributed by atoms with Gasteiger partial charge in [0.05, 0.1) is 6.10 Å². The van der Waals surface area contributed by atoms with Crippen molar-refractivity contribution in [3.63, 3.8) is 0 Å². The number of nitrogens with zero attached hydrogens (tertiary/aromatic N) is 2. The Balaban J connectivity index is 2.14. The summed E-state index contributed by atoms with van der Waals surface area (Å²) in [5.74, 6) is -1.26. The fourth-order valence-corrected chi connectivity index (χ4v) is 3.01. The van der Waals surface area contributed by atoms with Gasteiger partial charge in [0.15, 0.2) is 0 Å². The summed E-state index contributed by atoms with van der Waals surface area (Å²) in [7, 11) is 3.03. The summed E-state index contributed by atoms with van der Waals surface area (Å²) in [6, 6.07) is -1.81. The van der Waals surface area contributed by atoms with Crippen molar-refractivity contribution >= 4 is 17.9 Å². The molecule has 0 aromatic heterocycles. The van der Waals surface area contributed by atoms with Gasteiger partial charge in [0, 0.05) is 33.7 Å². The number of likely N-dealkylation sites (tertiary alicyclic amines) is 2. The molecule has 2 aliphatic rings. The number of ether oxygens (including phenoxy) is 1. The van der Waals surface area contributed by atoms with Crippen LogP contribution in [0.1, 0.15) is 19.3 Å². The summed E-state index contributed by atoms with van der Waals surface area (Å²) in [4.78, 5) is 38.5. The second-order valence-corrected chi connectivity index (χ2v) is 5.35. The van der Waals surface area contributed by atoms with Crippen LogP contribution in [0, 0.1) is 0 Å². The lowest BCUT2D eigenvalue weighted by atomic mass is 10.2. The summed E-state index contributed by atoms with van der Waals surface area (Å²) in [6.07, 6.45) is 1.33. The third-order valence-electron chi connectivity index (χ3n) is 4.17. The molecule has 2 aliphatic heterocycles. The van der Waals surface area contributed by atoms with Gasteiger partial charge in [0.25, 0.3) is 0 Å². The van der Waals surface area contributed by atoms with Crippen LogP contribution in [0.15, 0.2) is 0 Å². The molecule has 3 unspecified atom stereocenters. The molecule has 2 N–H and O–H groups in total. The topological polar surface area (TPSA) is 99.2 Å². The van der Waals surface area contributed by atoms with Gasteiger partial charge in [-0.15, -0.1) is 0 Å². The molecule has 0 radical (unpaired) electrons. The maximum Gasteiger partial charge on any atom is 0.326 e. The van der Waals surface area contributed by atoms with E-state index < -0.39 is 24.1 Å². The number of likely N-dealkylation sites (N-methyl/N-ethyl adjacent to an activating group) is 1. The fraction of sp³-hybridized carbons (Fsp3) is 0.769. The molecule has 0 spiro atoms. The lowest BCUT2D eigenvalue weighted by molar-refractivity contribution is -0.141. The molecular weight excluding hydrogens is 278 g/mol. The molecule has 8 nitrogen and oxygen atoms in total. The van der Waals surface area contributed by atoms with E-state index in [1.54, 1.807) is 0 Å². The first-order valence-electron chi connectivity index (χ1n) is 7.04. The Bertz CT molecular complexity index is 442. The third kappa shape index (κ3) is 2.94. The zero-order valence-electron chi connectivity index (χ0n) is 12.2. The van der Waals surface area contributed by atoms with Crippen molar-refractivity contribution in [1.29, 1.82) is 0 Å². The molecule has 2 fully saturated rings. The molecule has 3 atom stereocenters. The number of carbonyl (C=O) groups excluding carboxylic acids is 2. The third-order valence-corrected chi connectivity index (χ3v) is 4.17. The van der Waals surface area contributed by atoms with Crippen molar-refractivity contribution in [2.45, 2.75) is 37.5 Å². The number of hydrogen-bond acceptors (Lipinski definition) is 4. The fourth-order valence-electron chi connectivity index (χ4n) is 3.01. The van der Waals surface area contributed by atoms with E-state index in [1.807, 2.05) is 0 Å². The largest absolute Gasteiger partial charge is 0.480 e. The number of rotatable bonds is 3. The standard InChI is InChI=1S/C13H21N3O5/c1-14-11(17)9-4-3-5-15(9)13(20)16-7-8(21-2)6-10(16)12(18)19/h8-10H,3-7H2,1-2H3,(H,14,17)(H,18,19). The molecule has 0 saturated carbocycles. The highest BCUT2D eigenvalue weighted by Gasteiger charge is 2.44. The minimum Gasteiger partial charge on any atom is -0.480 e.